The molecular formula is C11H16N2O. The zero-order chi connectivity index (χ0) is 10.1. The van der Waals surface area contributed by atoms with Gasteiger partial charge in [-0.1, -0.05) is 6.92 Å². The van der Waals surface area contributed by atoms with Gasteiger partial charge in [0.2, 0.25) is 0 Å². The first-order valence-electron chi connectivity index (χ1n) is 5.09. The molecule has 0 N–H and O–H groups in total. The molecule has 1 aliphatic heterocycles. The summed E-state index contributed by atoms with van der Waals surface area (Å²) in [4.78, 5) is 13.9. The Bertz CT molecular complexity index is 343. The van der Waals surface area contributed by atoms with Gasteiger partial charge >= 0.3 is 0 Å². The van der Waals surface area contributed by atoms with Crippen molar-refractivity contribution in [1.82, 2.24) is 9.47 Å². The maximum absolute atomic E-state index is 12.0. The van der Waals surface area contributed by atoms with E-state index in [9.17, 15) is 4.79 Å². The molecule has 2 heterocycles. The number of aromatic nitrogens is 1. The van der Waals surface area contributed by atoms with Gasteiger partial charge in [0.15, 0.2) is 0 Å². The van der Waals surface area contributed by atoms with Crippen LogP contribution in [0.1, 0.15) is 23.8 Å². The van der Waals surface area contributed by atoms with Crippen molar-refractivity contribution in [2.75, 3.05) is 13.1 Å². The Hall–Kier alpha value is -1.25. The van der Waals surface area contributed by atoms with E-state index in [-0.39, 0.29) is 5.91 Å². The molecule has 0 aliphatic carbocycles. The van der Waals surface area contributed by atoms with Crippen molar-refractivity contribution >= 4 is 5.91 Å². The van der Waals surface area contributed by atoms with Crippen molar-refractivity contribution in [2.45, 2.75) is 13.3 Å². The molecule has 1 amide bonds. The minimum absolute atomic E-state index is 0.168. The number of aryl methyl sites for hydroxylation is 1. The topological polar surface area (TPSA) is 25.2 Å². The summed E-state index contributed by atoms with van der Waals surface area (Å²) >= 11 is 0. The summed E-state index contributed by atoms with van der Waals surface area (Å²) in [6.45, 7) is 4.01. The van der Waals surface area contributed by atoms with E-state index in [1.54, 1.807) is 0 Å². The molecule has 1 aromatic heterocycles. The van der Waals surface area contributed by atoms with Crippen LogP contribution >= 0.6 is 0 Å². The molecule has 1 atom stereocenters. The summed E-state index contributed by atoms with van der Waals surface area (Å²) in [7, 11) is 1.91. The van der Waals surface area contributed by atoms with Crippen molar-refractivity contribution in [1.29, 1.82) is 0 Å². The molecule has 1 fully saturated rings. The first-order chi connectivity index (χ1) is 6.68. The average molecular weight is 192 g/mol. The summed E-state index contributed by atoms with van der Waals surface area (Å²) in [6.07, 6.45) is 3.04. The number of rotatable bonds is 1. The lowest BCUT2D eigenvalue weighted by molar-refractivity contribution is 0.0778. The zero-order valence-corrected chi connectivity index (χ0v) is 8.73. The molecule has 14 heavy (non-hydrogen) atoms. The molecule has 3 nitrogen and oxygen atoms in total. The molecule has 1 aliphatic rings. The number of hydrogen-bond donors (Lipinski definition) is 0. The Morgan fingerprint density at radius 3 is 2.86 bits per heavy atom. The van der Waals surface area contributed by atoms with E-state index in [0.717, 1.165) is 25.2 Å². The molecule has 0 aromatic carbocycles. The van der Waals surface area contributed by atoms with Crippen LogP contribution in [0.15, 0.2) is 18.3 Å². The Morgan fingerprint density at radius 1 is 1.57 bits per heavy atom. The van der Waals surface area contributed by atoms with Crippen molar-refractivity contribution in [3.8, 4) is 0 Å². The van der Waals surface area contributed by atoms with Gasteiger partial charge in [0.25, 0.3) is 5.91 Å². The second-order valence-corrected chi connectivity index (χ2v) is 4.15. The predicted molar refractivity (Wildman–Crippen MR) is 55.1 cm³/mol. The lowest BCUT2D eigenvalue weighted by Gasteiger charge is -2.15. The Labute approximate surface area is 84.3 Å². The number of hydrogen-bond acceptors (Lipinski definition) is 1. The van der Waals surface area contributed by atoms with Crippen LogP contribution in [0, 0.1) is 5.92 Å². The molecule has 0 bridgehead atoms. The second-order valence-electron chi connectivity index (χ2n) is 4.15. The standard InChI is InChI=1S/C11H16N2O/c1-9-5-7-13(8-9)11(14)10-4-3-6-12(10)2/h3-4,6,9H,5,7-8H2,1-2H3. The van der Waals surface area contributed by atoms with Gasteiger partial charge in [0, 0.05) is 26.3 Å². The molecule has 1 aromatic rings. The zero-order valence-electron chi connectivity index (χ0n) is 8.73. The van der Waals surface area contributed by atoms with Crippen molar-refractivity contribution < 1.29 is 4.79 Å². The number of likely N-dealkylation sites (tertiary alicyclic amines) is 1. The molecule has 3 heteroatoms. The molecule has 76 valence electrons. The van der Waals surface area contributed by atoms with Gasteiger partial charge in [-0.05, 0) is 24.5 Å². The smallest absolute Gasteiger partial charge is 0.270 e. The Kier molecular flexibility index (Phi) is 2.32. The van der Waals surface area contributed by atoms with E-state index in [1.165, 1.54) is 0 Å². The van der Waals surface area contributed by atoms with Crippen LogP contribution in [-0.2, 0) is 7.05 Å². The minimum Gasteiger partial charge on any atom is -0.347 e. The molecule has 0 radical (unpaired) electrons. The third-order valence-corrected chi connectivity index (χ3v) is 2.87. The van der Waals surface area contributed by atoms with Crippen molar-refractivity contribution in [3.63, 3.8) is 0 Å². The van der Waals surface area contributed by atoms with Gasteiger partial charge in [-0.25, -0.2) is 0 Å². The van der Waals surface area contributed by atoms with Gasteiger partial charge in [-0.2, -0.15) is 0 Å². The lowest BCUT2D eigenvalue weighted by Crippen LogP contribution is -2.29. The fraction of sp³-hybridized carbons (Fsp3) is 0.545. The van der Waals surface area contributed by atoms with Crippen LogP contribution in [0.5, 0.6) is 0 Å². The SMILES string of the molecule is CC1CCN(C(=O)c2cccn2C)C1. The Morgan fingerprint density at radius 2 is 2.36 bits per heavy atom. The summed E-state index contributed by atoms with van der Waals surface area (Å²) in [5.41, 5.74) is 0.791. The maximum atomic E-state index is 12.0. The quantitative estimate of drug-likeness (QED) is 0.662. The fourth-order valence-corrected chi connectivity index (χ4v) is 1.96. The summed E-state index contributed by atoms with van der Waals surface area (Å²) in [5.74, 6) is 0.820. The van der Waals surface area contributed by atoms with E-state index in [4.69, 9.17) is 0 Å². The van der Waals surface area contributed by atoms with Crippen LogP contribution < -0.4 is 0 Å². The van der Waals surface area contributed by atoms with Gasteiger partial charge < -0.3 is 9.47 Å². The summed E-state index contributed by atoms with van der Waals surface area (Å²) < 4.78 is 1.88. The largest absolute Gasteiger partial charge is 0.347 e. The van der Waals surface area contributed by atoms with E-state index in [0.29, 0.717) is 5.92 Å². The number of nitrogens with zero attached hydrogens (tertiary/aromatic N) is 2. The molecular weight excluding hydrogens is 176 g/mol. The first-order valence-corrected chi connectivity index (χ1v) is 5.09. The van der Waals surface area contributed by atoms with E-state index in [1.807, 2.05) is 34.8 Å². The highest BCUT2D eigenvalue weighted by molar-refractivity contribution is 5.92. The van der Waals surface area contributed by atoms with Crippen molar-refractivity contribution in [3.05, 3.63) is 24.0 Å². The molecule has 0 saturated carbocycles. The second kappa shape index (κ2) is 3.48. The van der Waals surface area contributed by atoms with Gasteiger partial charge in [-0.15, -0.1) is 0 Å². The van der Waals surface area contributed by atoms with E-state index in [2.05, 4.69) is 6.92 Å². The van der Waals surface area contributed by atoms with Gasteiger partial charge in [-0.3, -0.25) is 4.79 Å². The fourth-order valence-electron chi connectivity index (χ4n) is 1.96. The molecule has 1 unspecified atom stereocenters. The molecule has 0 spiro atoms. The highest BCUT2D eigenvalue weighted by atomic mass is 16.2. The lowest BCUT2D eigenvalue weighted by atomic mass is 10.2. The molecule has 1 saturated heterocycles. The predicted octanol–water partition coefficient (Wildman–Crippen LogP) is 1.51. The number of amides is 1. The highest BCUT2D eigenvalue weighted by Crippen LogP contribution is 2.17. The van der Waals surface area contributed by atoms with Crippen molar-refractivity contribution in [2.24, 2.45) is 13.0 Å². The number of carbonyl (C=O) groups is 1. The van der Waals surface area contributed by atoms with Crippen LogP contribution in [0.25, 0.3) is 0 Å². The average Bonchev–Trinajstić information content (AvgIpc) is 2.73. The molecule has 2 rings (SSSR count). The minimum atomic E-state index is 0.168. The van der Waals surface area contributed by atoms with Crippen LogP contribution in [0.3, 0.4) is 0 Å². The summed E-state index contributed by atoms with van der Waals surface area (Å²) in [5, 5.41) is 0. The normalized spacial score (nSPS) is 21.6. The first kappa shape index (κ1) is 9.31. The third kappa shape index (κ3) is 1.54. The van der Waals surface area contributed by atoms with Gasteiger partial charge in [0.1, 0.15) is 5.69 Å². The van der Waals surface area contributed by atoms with Crippen LogP contribution in [0.2, 0.25) is 0 Å². The summed E-state index contributed by atoms with van der Waals surface area (Å²) in [6, 6.07) is 3.79. The highest BCUT2D eigenvalue weighted by Gasteiger charge is 2.25. The van der Waals surface area contributed by atoms with E-state index < -0.39 is 0 Å². The Balaban J connectivity index is 2.13. The van der Waals surface area contributed by atoms with Gasteiger partial charge in [0.05, 0.1) is 0 Å². The van der Waals surface area contributed by atoms with E-state index >= 15 is 0 Å². The number of carbonyl (C=O) groups excluding carboxylic acids is 1. The van der Waals surface area contributed by atoms with Crippen LogP contribution in [0.4, 0.5) is 0 Å². The third-order valence-electron chi connectivity index (χ3n) is 2.87. The van der Waals surface area contributed by atoms with Crippen LogP contribution in [-0.4, -0.2) is 28.5 Å². The monoisotopic (exact) mass is 192 g/mol. The maximum Gasteiger partial charge on any atom is 0.270 e.